The molecule has 1 unspecified atom stereocenters. The normalized spacial score (nSPS) is 21.8. The number of ketones is 1. The highest BCUT2D eigenvalue weighted by molar-refractivity contribution is 5.95. The number of hydrogen-bond donors (Lipinski definition) is 2. The van der Waals surface area contributed by atoms with Gasteiger partial charge in [0, 0.05) is 24.6 Å². The molecule has 2 atom stereocenters. The summed E-state index contributed by atoms with van der Waals surface area (Å²) in [5.41, 5.74) is 5.93. The largest absolute Gasteiger partial charge is 0.463 e. The Kier molecular flexibility index (Phi) is 5.38. The third kappa shape index (κ3) is 4.15. The van der Waals surface area contributed by atoms with Crippen molar-refractivity contribution in [1.29, 1.82) is 5.26 Å². The van der Waals surface area contributed by atoms with Crippen molar-refractivity contribution in [2.24, 2.45) is 10.7 Å². The third-order valence-corrected chi connectivity index (χ3v) is 4.57. The van der Waals surface area contributed by atoms with Crippen LogP contribution in [0.3, 0.4) is 0 Å². The van der Waals surface area contributed by atoms with Crippen LogP contribution < -0.4 is 5.73 Å². The molecule has 0 saturated carbocycles. The first-order chi connectivity index (χ1) is 13.3. The van der Waals surface area contributed by atoms with Gasteiger partial charge in [-0.3, -0.25) is 9.78 Å². The zero-order chi connectivity index (χ0) is 20.3. The SMILES string of the molecule is C[C@@]1(c2cc(CC(=O)c3ccc(C#N)cn3)ccc2F)CC(O)COC(N)=N1. The van der Waals surface area contributed by atoms with E-state index in [1.54, 1.807) is 13.0 Å². The van der Waals surface area contributed by atoms with Gasteiger partial charge in [-0.15, -0.1) is 0 Å². The van der Waals surface area contributed by atoms with E-state index in [-0.39, 0.29) is 42.5 Å². The Morgan fingerprint density at radius 2 is 2.25 bits per heavy atom. The van der Waals surface area contributed by atoms with Gasteiger partial charge in [0.15, 0.2) is 5.78 Å². The number of Topliss-reactive ketones (excluding diaryl/α,β-unsaturated/α-hetero) is 1. The van der Waals surface area contributed by atoms with Crippen molar-refractivity contribution in [1.82, 2.24) is 4.98 Å². The first-order valence-corrected chi connectivity index (χ1v) is 8.65. The maximum Gasteiger partial charge on any atom is 0.282 e. The van der Waals surface area contributed by atoms with Crippen LogP contribution in [-0.4, -0.2) is 34.6 Å². The molecule has 3 N–H and O–H groups in total. The van der Waals surface area contributed by atoms with Crippen LogP contribution in [0.2, 0.25) is 0 Å². The predicted octanol–water partition coefficient (Wildman–Crippen LogP) is 1.83. The molecule has 0 radical (unpaired) electrons. The second kappa shape index (κ2) is 7.74. The number of carbonyl (C=O) groups excluding carboxylic acids is 1. The summed E-state index contributed by atoms with van der Waals surface area (Å²) < 4.78 is 19.7. The second-order valence-electron chi connectivity index (χ2n) is 6.85. The zero-order valence-corrected chi connectivity index (χ0v) is 15.2. The molecule has 7 nitrogen and oxygen atoms in total. The summed E-state index contributed by atoms with van der Waals surface area (Å²) in [5.74, 6) is -0.778. The number of aromatic nitrogens is 1. The number of pyridine rings is 1. The van der Waals surface area contributed by atoms with Crippen LogP contribution in [0, 0.1) is 17.1 Å². The monoisotopic (exact) mass is 382 g/mol. The molecular formula is C20H19FN4O3. The van der Waals surface area contributed by atoms with Gasteiger partial charge in [0.1, 0.15) is 24.2 Å². The Hall–Kier alpha value is -3.31. The van der Waals surface area contributed by atoms with Gasteiger partial charge in [0.05, 0.1) is 17.2 Å². The van der Waals surface area contributed by atoms with Crippen LogP contribution in [-0.2, 0) is 16.7 Å². The van der Waals surface area contributed by atoms with Gasteiger partial charge >= 0.3 is 0 Å². The standard InChI is InChI=1S/C20H19FN4O3/c1-20(8-14(26)11-28-19(23)25-20)15-6-12(2-4-16(15)21)7-18(27)17-5-3-13(9-22)10-24-17/h2-6,10,14,26H,7-8,11H2,1H3,(H2,23,25)/t14?,20-/m0/s1. The summed E-state index contributed by atoms with van der Waals surface area (Å²) >= 11 is 0. The van der Waals surface area contributed by atoms with Crippen LogP contribution in [0.15, 0.2) is 41.5 Å². The van der Waals surface area contributed by atoms with E-state index < -0.39 is 17.5 Å². The van der Waals surface area contributed by atoms with Gasteiger partial charge in [-0.2, -0.15) is 5.26 Å². The molecular weight excluding hydrogens is 363 g/mol. The van der Waals surface area contributed by atoms with Crippen LogP contribution in [0.5, 0.6) is 0 Å². The average Bonchev–Trinajstić information content (AvgIpc) is 2.80. The van der Waals surface area contributed by atoms with E-state index in [0.717, 1.165) is 0 Å². The lowest BCUT2D eigenvalue weighted by Crippen LogP contribution is -2.28. The molecule has 0 fully saturated rings. The molecule has 1 aromatic heterocycles. The molecule has 1 aliphatic heterocycles. The van der Waals surface area contributed by atoms with Crippen LogP contribution >= 0.6 is 0 Å². The molecule has 0 amide bonds. The Morgan fingerprint density at radius 3 is 2.93 bits per heavy atom. The summed E-state index contributed by atoms with van der Waals surface area (Å²) in [6.45, 7) is 1.64. The smallest absolute Gasteiger partial charge is 0.282 e. The zero-order valence-electron chi connectivity index (χ0n) is 15.2. The number of nitrogens with two attached hydrogens (primary N) is 1. The van der Waals surface area contributed by atoms with Crippen LogP contribution in [0.1, 0.15) is 40.5 Å². The number of ether oxygens (including phenoxy) is 1. The third-order valence-electron chi connectivity index (χ3n) is 4.57. The van der Waals surface area contributed by atoms with E-state index >= 15 is 0 Å². The van der Waals surface area contributed by atoms with Gasteiger partial charge in [0.2, 0.25) is 0 Å². The Labute approximate surface area is 161 Å². The summed E-state index contributed by atoms with van der Waals surface area (Å²) in [4.78, 5) is 20.7. The van der Waals surface area contributed by atoms with Crippen LogP contribution in [0.4, 0.5) is 4.39 Å². The fourth-order valence-electron chi connectivity index (χ4n) is 3.19. The molecule has 0 aliphatic carbocycles. The lowest BCUT2D eigenvalue weighted by molar-refractivity contribution is 0.0866. The van der Waals surface area contributed by atoms with Crippen molar-refractivity contribution < 1.29 is 19.0 Å². The lowest BCUT2D eigenvalue weighted by atomic mass is 9.85. The van der Waals surface area contributed by atoms with Crippen LogP contribution in [0.25, 0.3) is 0 Å². The number of hydrogen-bond acceptors (Lipinski definition) is 7. The molecule has 8 heteroatoms. The molecule has 0 spiro atoms. The summed E-state index contributed by atoms with van der Waals surface area (Å²) in [7, 11) is 0. The van der Waals surface area contributed by atoms with E-state index in [2.05, 4.69) is 9.98 Å². The van der Waals surface area contributed by atoms with E-state index in [1.165, 1.54) is 30.5 Å². The number of aliphatic hydroxyl groups excluding tert-OH is 1. The maximum atomic E-state index is 14.6. The molecule has 2 aromatic rings. The molecule has 0 bridgehead atoms. The lowest BCUT2D eigenvalue weighted by Gasteiger charge is -2.26. The number of rotatable bonds is 4. The minimum Gasteiger partial charge on any atom is -0.463 e. The number of nitrogens with zero attached hydrogens (tertiary/aromatic N) is 3. The summed E-state index contributed by atoms with van der Waals surface area (Å²) in [6, 6.07) is 9.14. The minimum atomic E-state index is -1.13. The molecule has 1 aliphatic rings. The molecule has 1 aromatic carbocycles. The summed E-state index contributed by atoms with van der Waals surface area (Å²) in [6.07, 6.45) is 0.594. The van der Waals surface area contributed by atoms with Crippen molar-refractivity contribution in [3.63, 3.8) is 0 Å². The molecule has 28 heavy (non-hydrogen) atoms. The Morgan fingerprint density at radius 1 is 1.46 bits per heavy atom. The van der Waals surface area contributed by atoms with Crippen molar-refractivity contribution in [3.05, 3.63) is 64.7 Å². The number of aliphatic imine (C=N–C) groups is 1. The highest BCUT2D eigenvalue weighted by atomic mass is 19.1. The number of carbonyl (C=O) groups is 1. The van der Waals surface area contributed by atoms with E-state index in [0.29, 0.717) is 11.1 Å². The van der Waals surface area contributed by atoms with Crippen molar-refractivity contribution >= 4 is 11.8 Å². The topological polar surface area (TPSA) is 122 Å². The number of benzene rings is 1. The predicted molar refractivity (Wildman–Crippen MR) is 98.9 cm³/mol. The Balaban J connectivity index is 1.89. The van der Waals surface area contributed by atoms with E-state index in [9.17, 15) is 14.3 Å². The molecule has 3 rings (SSSR count). The minimum absolute atomic E-state index is 0.000506. The van der Waals surface area contributed by atoms with Crippen molar-refractivity contribution in [2.75, 3.05) is 6.61 Å². The maximum absolute atomic E-state index is 14.6. The van der Waals surface area contributed by atoms with Crippen molar-refractivity contribution in [3.8, 4) is 6.07 Å². The fourth-order valence-corrected chi connectivity index (χ4v) is 3.19. The molecule has 0 saturated heterocycles. The summed E-state index contributed by atoms with van der Waals surface area (Å²) in [5, 5.41) is 18.8. The van der Waals surface area contributed by atoms with Crippen molar-refractivity contribution in [2.45, 2.75) is 31.4 Å². The van der Waals surface area contributed by atoms with Gasteiger partial charge in [-0.05, 0) is 36.8 Å². The van der Waals surface area contributed by atoms with Gasteiger partial charge in [0.25, 0.3) is 6.02 Å². The number of amidine groups is 1. The van der Waals surface area contributed by atoms with E-state index in [1.807, 2.05) is 6.07 Å². The highest BCUT2D eigenvalue weighted by Crippen LogP contribution is 2.35. The fraction of sp³-hybridized carbons (Fsp3) is 0.300. The number of nitriles is 1. The van der Waals surface area contributed by atoms with E-state index in [4.69, 9.17) is 15.7 Å². The Bertz CT molecular complexity index is 968. The van der Waals surface area contributed by atoms with Gasteiger partial charge in [-0.1, -0.05) is 6.07 Å². The highest BCUT2D eigenvalue weighted by Gasteiger charge is 2.35. The van der Waals surface area contributed by atoms with Gasteiger partial charge < -0.3 is 15.6 Å². The molecule has 144 valence electrons. The number of aliphatic hydroxyl groups is 1. The molecule has 2 heterocycles. The average molecular weight is 382 g/mol. The first kappa shape index (κ1) is 19.5. The second-order valence-corrected chi connectivity index (χ2v) is 6.85. The first-order valence-electron chi connectivity index (χ1n) is 8.65. The number of halogens is 1. The quantitative estimate of drug-likeness (QED) is 0.778. The van der Waals surface area contributed by atoms with Gasteiger partial charge in [-0.25, -0.2) is 9.38 Å².